The SMILES string of the molecule is CCOc1ccc(C(O)(O)C(CO)Oc2ccccc2OC)cc1OC. The van der Waals surface area contributed by atoms with Crippen molar-refractivity contribution in [3.63, 3.8) is 0 Å². The van der Waals surface area contributed by atoms with Gasteiger partial charge < -0.3 is 34.3 Å². The maximum absolute atomic E-state index is 10.6. The van der Waals surface area contributed by atoms with E-state index in [1.165, 1.54) is 26.4 Å². The first-order valence-electron chi connectivity index (χ1n) is 8.14. The Labute approximate surface area is 152 Å². The minimum atomic E-state index is -2.48. The van der Waals surface area contributed by atoms with Gasteiger partial charge in [-0.2, -0.15) is 0 Å². The summed E-state index contributed by atoms with van der Waals surface area (Å²) in [5.74, 6) is -0.981. The van der Waals surface area contributed by atoms with Crippen LogP contribution in [0.2, 0.25) is 0 Å². The molecular formula is C19H24O7. The number of rotatable bonds is 9. The molecule has 2 rings (SSSR count). The molecule has 0 bridgehead atoms. The van der Waals surface area contributed by atoms with Gasteiger partial charge in [-0.15, -0.1) is 0 Å². The molecule has 7 heteroatoms. The molecule has 0 aromatic heterocycles. The van der Waals surface area contributed by atoms with Crippen LogP contribution in [0.15, 0.2) is 42.5 Å². The number of para-hydroxylation sites is 2. The average Bonchev–Trinajstić information content (AvgIpc) is 2.66. The van der Waals surface area contributed by atoms with E-state index in [2.05, 4.69) is 0 Å². The van der Waals surface area contributed by atoms with Crippen molar-refractivity contribution in [1.29, 1.82) is 0 Å². The number of aliphatic hydroxyl groups excluding tert-OH is 1. The summed E-state index contributed by atoms with van der Waals surface area (Å²) in [7, 11) is 2.92. The van der Waals surface area contributed by atoms with Crippen molar-refractivity contribution in [3.8, 4) is 23.0 Å². The first kappa shape index (κ1) is 19.8. The van der Waals surface area contributed by atoms with E-state index in [0.717, 1.165) is 0 Å². The molecule has 26 heavy (non-hydrogen) atoms. The van der Waals surface area contributed by atoms with Gasteiger partial charge in [0, 0.05) is 5.56 Å². The molecule has 0 saturated carbocycles. The monoisotopic (exact) mass is 364 g/mol. The largest absolute Gasteiger partial charge is 0.493 e. The summed E-state index contributed by atoms with van der Waals surface area (Å²) in [5.41, 5.74) is 0.0896. The summed E-state index contributed by atoms with van der Waals surface area (Å²) in [6.07, 6.45) is -1.36. The lowest BCUT2D eigenvalue weighted by molar-refractivity contribution is -0.234. The van der Waals surface area contributed by atoms with Crippen LogP contribution in [0.25, 0.3) is 0 Å². The van der Waals surface area contributed by atoms with Crippen molar-refractivity contribution in [2.75, 3.05) is 27.4 Å². The average molecular weight is 364 g/mol. The van der Waals surface area contributed by atoms with Gasteiger partial charge in [0.2, 0.25) is 5.79 Å². The Morgan fingerprint density at radius 2 is 1.58 bits per heavy atom. The third kappa shape index (κ3) is 4.19. The molecule has 0 amide bonds. The molecule has 7 nitrogen and oxygen atoms in total. The van der Waals surface area contributed by atoms with E-state index < -0.39 is 18.5 Å². The van der Waals surface area contributed by atoms with Crippen molar-refractivity contribution in [1.82, 2.24) is 0 Å². The number of methoxy groups -OCH3 is 2. The lowest BCUT2D eigenvalue weighted by atomic mass is 9.99. The molecule has 142 valence electrons. The fourth-order valence-electron chi connectivity index (χ4n) is 2.47. The van der Waals surface area contributed by atoms with Crippen LogP contribution in [0.3, 0.4) is 0 Å². The normalized spacial score (nSPS) is 12.4. The zero-order chi connectivity index (χ0) is 19.2. The van der Waals surface area contributed by atoms with Crippen LogP contribution in [0.1, 0.15) is 12.5 Å². The smallest absolute Gasteiger partial charge is 0.230 e. The van der Waals surface area contributed by atoms with E-state index in [9.17, 15) is 15.3 Å². The maximum Gasteiger partial charge on any atom is 0.230 e. The van der Waals surface area contributed by atoms with Gasteiger partial charge in [-0.05, 0) is 37.3 Å². The summed E-state index contributed by atoms with van der Waals surface area (Å²) in [5, 5.41) is 31.0. The van der Waals surface area contributed by atoms with Gasteiger partial charge in [0.25, 0.3) is 0 Å². The Balaban J connectivity index is 2.33. The Morgan fingerprint density at radius 3 is 2.15 bits per heavy atom. The van der Waals surface area contributed by atoms with Gasteiger partial charge in [-0.25, -0.2) is 0 Å². The van der Waals surface area contributed by atoms with Crippen molar-refractivity contribution < 1.29 is 34.3 Å². The molecule has 2 aromatic rings. The molecule has 0 heterocycles. The minimum absolute atomic E-state index is 0.0896. The van der Waals surface area contributed by atoms with Gasteiger partial charge in [0.1, 0.15) is 0 Å². The number of benzene rings is 2. The van der Waals surface area contributed by atoms with Crippen LogP contribution >= 0.6 is 0 Å². The predicted octanol–water partition coefficient (Wildman–Crippen LogP) is 1.68. The van der Waals surface area contributed by atoms with Gasteiger partial charge in [-0.3, -0.25) is 0 Å². The molecule has 0 radical (unpaired) electrons. The van der Waals surface area contributed by atoms with Crippen molar-refractivity contribution >= 4 is 0 Å². The third-order valence-corrected chi connectivity index (χ3v) is 3.84. The Kier molecular flexibility index (Phi) is 6.68. The molecule has 0 aliphatic rings. The molecule has 0 aliphatic carbocycles. The third-order valence-electron chi connectivity index (χ3n) is 3.84. The van der Waals surface area contributed by atoms with Gasteiger partial charge in [0.15, 0.2) is 29.1 Å². The van der Waals surface area contributed by atoms with E-state index in [1.807, 2.05) is 6.92 Å². The van der Waals surface area contributed by atoms with E-state index in [-0.39, 0.29) is 11.3 Å². The highest BCUT2D eigenvalue weighted by molar-refractivity contribution is 5.45. The molecule has 2 aromatic carbocycles. The summed E-state index contributed by atoms with van der Waals surface area (Å²) in [6.45, 7) is 1.63. The summed E-state index contributed by atoms with van der Waals surface area (Å²) in [6, 6.07) is 11.2. The van der Waals surface area contributed by atoms with Crippen molar-refractivity contribution in [3.05, 3.63) is 48.0 Å². The van der Waals surface area contributed by atoms with Crippen LogP contribution in [0.5, 0.6) is 23.0 Å². The first-order chi connectivity index (χ1) is 12.5. The number of hydrogen-bond donors (Lipinski definition) is 3. The van der Waals surface area contributed by atoms with Gasteiger partial charge in [0.05, 0.1) is 27.4 Å². The maximum atomic E-state index is 10.6. The van der Waals surface area contributed by atoms with Crippen LogP contribution in [0.4, 0.5) is 0 Å². The second-order valence-corrected chi connectivity index (χ2v) is 5.46. The van der Waals surface area contributed by atoms with Crippen LogP contribution in [-0.4, -0.2) is 48.9 Å². The minimum Gasteiger partial charge on any atom is -0.493 e. The lowest BCUT2D eigenvalue weighted by Crippen LogP contribution is -2.45. The first-order valence-corrected chi connectivity index (χ1v) is 8.14. The van der Waals surface area contributed by atoms with Crippen molar-refractivity contribution in [2.24, 2.45) is 0 Å². The summed E-state index contributed by atoms with van der Waals surface area (Å²) >= 11 is 0. The molecule has 0 saturated heterocycles. The summed E-state index contributed by atoms with van der Waals surface area (Å²) in [4.78, 5) is 0. The zero-order valence-corrected chi connectivity index (χ0v) is 15.0. The molecule has 3 N–H and O–H groups in total. The standard InChI is InChI=1S/C19H24O7/c1-4-25-15-10-9-13(11-17(15)24-3)19(21,22)18(12-20)26-16-8-6-5-7-14(16)23-2/h5-11,18,20-22H,4,12H2,1-3H3. The molecule has 0 spiro atoms. The lowest BCUT2D eigenvalue weighted by Gasteiger charge is -2.31. The summed E-state index contributed by atoms with van der Waals surface area (Å²) < 4.78 is 21.4. The zero-order valence-electron chi connectivity index (χ0n) is 15.0. The number of hydrogen-bond acceptors (Lipinski definition) is 7. The Hall–Kier alpha value is -2.48. The quantitative estimate of drug-likeness (QED) is 0.583. The van der Waals surface area contributed by atoms with Crippen molar-refractivity contribution in [2.45, 2.75) is 18.8 Å². The van der Waals surface area contributed by atoms with E-state index in [0.29, 0.717) is 23.9 Å². The van der Waals surface area contributed by atoms with Crippen LogP contribution in [-0.2, 0) is 5.79 Å². The number of aliphatic hydroxyl groups is 3. The molecule has 1 atom stereocenters. The van der Waals surface area contributed by atoms with E-state index in [1.54, 1.807) is 30.3 Å². The number of ether oxygens (including phenoxy) is 4. The fourth-order valence-corrected chi connectivity index (χ4v) is 2.47. The highest BCUT2D eigenvalue weighted by Crippen LogP contribution is 2.35. The van der Waals surface area contributed by atoms with Crippen LogP contribution < -0.4 is 18.9 Å². The molecule has 1 unspecified atom stereocenters. The topological polar surface area (TPSA) is 97.6 Å². The molecular weight excluding hydrogens is 340 g/mol. The highest BCUT2D eigenvalue weighted by Gasteiger charge is 2.39. The predicted molar refractivity (Wildman–Crippen MR) is 94.8 cm³/mol. The second-order valence-electron chi connectivity index (χ2n) is 5.46. The Bertz CT molecular complexity index is 715. The van der Waals surface area contributed by atoms with Gasteiger partial charge in [-0.1, -0.05) is 12.1 Å². The molecule has 0 fully saturated rings. The van der Waals surface area contributed by atoms with E-state index >= 15 is 0 Å². The molecule has 0 aliphatic heterocycles. The van der Waals surface area contributed by atoms with Gasteiger partial charge >= 0.3 is 0 Å². The van der Waals surface area contributed by atoms with E-state index in [4.69, 9.17) is 18.9 Å². The second kappa shape index (κ2) is 8.75. The fraction of sp³-hybridized carbons (Fsp3) is 0.368. The highest BCUT2D eigenvalue weighted by atomic mass is 16.6. The van der Waals surface area contributed by atoms with Crippen LogP contribution in [0, 0.1) is 0 Å². The Morgan fingerprint density at radius 1 is 0.923 bits per heavy atom.